The smallest absolute Gasteiger partial charge is 0.0513 e. The van der Waals surface area contributed by atoms with Gasteiger partial charge in [0.25, 0.3) is 0 Å². The number of anilines is 1. The summed E-state index contributed by atoms with van der Waals surface area (Å²) in [7, 11) is 0. The molecule has 15 heavy (non-hydrogen) atoms. The highest BCUT2D eigenvalue weighted by Gasteiger charge is 2.28. The van der Waals surface area contributed by atoms with E-state index in [0.717, 1.165) is 17.1 Å². The van der Waals surface area contributed by atoms with Gasteiger partial charge in [-0.2, -0.15) is 0 Å². The minimum atomic E-state index is 0.578. The van der Waals surface area contributed by atoms with E-state index in [1.807, 2.05) is 0 Å². The average molecular weight is 289 g/mol. The first-order valence-corrected chi connectivity index (χ1v) is 6.70. The second kappa shape index (κ2) is 4.75. The van der Waals surface area contributed by atoms with Crippen LogP contribution in [0.4, 0.5) is 5.69 Å². The van der Waals surface area contributed by atoms with Crippen LogP contribution in [0.1, 0.15) is 25.3 Å². The molecule has 0 N–H and O–H groups in total. The summed E-state index contributed by atoms with van der Waals surface area (Å²) in [4.78, 5) is 2.46. The molecule has 0 aliphatic heterocycles. The third-order valence-electron chi connectivity index (χ3n) is 2.80. The fourth-order valence-electron chi connectivity index (χ4n) is 1.88. The Morgan fingerprint density at radius 2 is 2.20 bits per heavy atom. The maximum Gasteiger partial charge on any atom is 0.0513 e. The number of hydrogen-bond acceptors (Lipinski definition) is 1. The molecule has 2 rings (SSSR count). The van der Waals surface area contributed by atoms with E-state index in [4.69, 9.17) is 11.6 Å². The molecule has 1 nitrogen and oxygen atoms in total. The lowest BCUT2D eigenvalue weighted by atomic mass is 10.2. The minimum Gasteiger partial charge on any atom is -0.368 e. The van der Waals surface area contributed by atoms with E-state index in [1.165, 1.54) is 24.1 Å². The molecule has 1 fully saturated rings. The maximum absolute atomic E-state index is 5.81. The van der Waals surface area contributed by atoms with Gasteiger partial charge < -0.3 is 4.90 Å². The Morgan fingerprint density at radius 3 is 2.67 bits per heavy atom. The molecule has 0 amide bonds. The standard InChI is InChI=1S/C12H15BrClN/c1-2-15(10-4-5-10)12-6-3-9(8-14)7-11(12)13/h3,6-7,10H,2,4-5,8H2,1H3. The van der Waals surface area contributed by atoms with Gasteiger partial charge in [-0.25, -0.2) is 0 Å². The molecule has 1 aromatic rings. The van der Waals surface area contributed by atoms with Gasteiger partial charge in [-0.3, -0.25) is 0 Å². The summed E-state index contributed by atoms with van der Waals surface area (Å²) in [5, 5.41) is 0. The number of halogens is 2. The van der Waals surface area contributed by atoms with Crippen molar-refractivity contribution in [2.75, 3.05) is 11.4 Å². The van der Waals surface area contributed by atoms with Gasteiger partial charge in [-0.15, -0.1) is 11.6 Å². The number of benzene rings is 1. The molecule has 1 aliphatic rings. The second-order valence-corrected chi connectivity index (χ2v) is 5.06. The molecule has 3 heteroatoms. The Balaban J connectivity index is 2.26. The molecule has 1 saturated carbocycles. The molecule has 0 unspecified atom stereocenters. The largest absolute Gasteiger partial charge is 0.368 e. The van der Waals surface area contributed by atoms with Gasteiger partial charge in [0.1, 0.15) is 0 Å². The van der Waals surface area contributed by atoms with Crippen molar-refractivity contribution in [3.63, 3.8) is 0 Å². The summed E-state index contributed by atoms with van der Waals surface area (Å²) >= 11 is 9.43. The van der Waals surface area contributed by atoms with Crippen LogP contribution in [0.5, 0.6) is 0 Å². The van der Waals surface area contributed by atoms with E-state index in [-0.39, 0.29) is 0 Å². The molecular formula is C12H15BrClN. The van der Waals surface area contributed by atoms with E-state index >= 15 is 0 Å². The molecule has 1 aromatic carbocycles. The summed E-state index contributed by atoms with van der Waals surface area (Å²) in [6, 6.07) is 7.16. The zero-order chi connectivity index (χ0) is 10.8. The summed E-state index contributed by atoms with van der Waals surface area (Å²) < 4.78 is 1.16. The van der Waals surface area contributed by atoms with Gasteiger partial charge in [0.2, 0.25) is 0 Å². The van der Waals surface area contributed by atoms with Crippen molar-refractivity contribution in [1.29, 1.82) is 0 Å². The fourth-order valence-corrected chi connectivity index (χ4v) is 2.70. The minimum absolute atomic E-state index is 0.578. The van der Waals surface area contributed by atoms with Crippen LogP contribution < -0.4 is 4.90 Å². The first kappa shape index (κ1) is 11.3. The molecule has 0 saturated heterocycles. The number of hydrogen-bond donors (Lipinski definition) is 0. The summed E-state index contributed by atoms with van der Waals surface area (Å²) in [6.07, 6.45) is 2.66. The van der Waals surface area contributed by atoms with Crippen molar-refractivity contribution in [2.45, 2.75) is 31.7 Å². The van der Waals surface area contributed by atoms with Crippen LogP contribution in [0.3, 0.4) is 0 Å². The molecule has 0 radical (unpaired) electrons. The van der Waals surface area contributed by atoms with Crippen LogP contribution >= 0.6 is 27.5 Å². The van der Waals surface area contributed by atoms with E-state index < -0.39 is 0 Å². The summed E-state index contributed by atoms with van der Waals surface area (Å²) in [5.41, 5.74) is 2.47. The van der Waals surface area contributed by atoms with Crippen LogP contribution in [-0.2, 0) is 5.88 Å². The van der Waals surface area contributed by atoms with Crippen LogP contribution in [0.15, 0.2) is 22.7 Å². The van der Waals surface area contributed by atoms with Gasteiger partial charge in [0.15, 0.2) is 0 Å². The number of alkyl halides is 1. The van der Waals surface area contributed by atoms with E-state index in [2.05, 4.69) is 46.0 Å². The van der Waals surface area contributed by atoms with Gasteiger partial charge in [0.05, 0.1) is 5.69 Å². The zero-order valence-corrected chi connectivity index (χ0v) is 11.2. The summed E-state index contributed by atoms with van der Waals surface area (Å²) in [6.45, 7) is 3.28. The van der Waals surface area contributed by atoms with Crippen molar-refractivity contribution in [1.82, 2.24) is 0 Å². The Morgan fingerprint density at radius 1 is 1.47 bits per heavy atom. The highest BCUT2D eigenvalue weighted by Crippen LogP contribution is 2.36. The predicted molar refractivity (Wildman–Crippen MR) is 69.7 cm³/mol. The predicted octanol–water partition coefficient (Wildman–Crippen LogP) is 4.18. The number of nitrogens with zero attached hydrogens (tertiary/aromatic N) is 1. The van der Waals surface area contributed by atoms with Crippen LogP contribution in [0, 0.1) is 0 Å². The molecular weight excluding hydrogens is 273 g/mol. The Bertz CT molecular complexity index is 349. The van der Waals surface area contributed by atoms with Crippen molar-refractivity contribution >= 4 is 33.2 Å². The monoisotopic (exact) mass is 287 g/mol. The van der Waals surface area contributed by atoms with E-state index in [9.17, 15) is 0 Å². The average Bonchev–Trinajstić information content (AvgIpc) is 3.05. The normalized spacial score (nSPS) is 15.4. The van der Waals surface area contributed by atoms with Crippen molar-refractivity contribution in [2.24, 2.45) is 0 Å². The highest BCUT2D eigenvalue weighted by atomic mass is 79.9. The Kier molecular flexibility index (Phi) is 3.57. The first-order chi connectivity index (χ1) is 7.26. The zero-order valence-electron chi connectivity index (χ0n) is 8.84. The molecule has 82 valence electrons. The third-order valence-corrected chi connectivity index (χ3v) is 3.75. The van der Waals surface area contributed by atoms with Gasteiger partial charge in [0, 0.05) is 22.9 Å². The van der Waals surface area contributed by atoms with E-state index in [1.54, 1.807) is 0 Å². The van der Waals surface area contributed by atoms with Gasteiger partial charge in [-0.1, -0.05) is 6.07 Å². The molecule has 0 heterocycles. The highest BCUT2D eigenvalue weighted by molar-refractivity contribution is 9.10. The van der Waals surface area contributed by atoms with Gasteiger partial charge >= 0.3 is 0 Å². The topological polar surface area (TPSA) is 3.24 Å². The lowest BCUT2D eigenvalue weighted by Gasteiger charge is -2.24. The quantitative estimate of drug-likeness (QED) is 0.751. The Hall–Kier alpha value is -0.210. The maximum atomic E-state index is 5.81. The number of rotatable bonds is 4. The molecule has 0 atom stereocenters. The van der Waals surface area contributed by atoms with Crippen LogP contribution in [0.2, 0.25) is 0 Å². The molecule has 0 bridgehead atoms. The van der Waals surface area contributed by atoms with Gasteiger partial charge in [-0.05, 0) is 53.4 Å². The molecule has 1 aliphatic carbocycles. The fraction of sp³-hybridized carbons (Fsp3) is 0.500. The lowest BCUT2D eigenvalue weighted by molar-refractivity contribution is 0.824. The first-order valence-electron chi connectivity index (χ1n) is 5.37. The Labute approximate surface area is 105 Å². The van der Waals surface area contributed by atoms with Crippen LogP contribution in [0.25, 0.3) is 0 Å². The summed E-state index contributed by atoms with van der Waals surface area (Å²) in [5.74, 6) is 0.578. The SMILES string of the molecule is CCN(c1ccc(CCl)cc1Br)C1CC1. The van der Waals surface area contributed by atoms with E-state index in [0.29, 0.717) is 5.88 Å². The van der Waals surface area contributed by atoms with Crippen molar-refractivity contribution in [3.8, 4) is 0 Å². The molecule has 0 spiro atoms. The van der Waals surface area contributed by atoms with Crippen LogP contribution in [-0.4, -0.2) is 12.6 Å². The molecule has 0 aromatic heterocycles. The van der Waals surface area contributed by atoms with Crippen molar-refractivity contribution < 1.29 is 0 Å². The third kappa shape index (κ3) is 2.48. The lowest BCUT2D eigenvalue weighted by Crippen LogP contribution is -2.25. The van der Waals surface area contributed by atoms with Crippen molar-refractivity contribution in [3.05, 3.63) is 28.2 Å². The second-order valence-electron chi connectivity index (χ2n) is 3.94.